The Hall–Kier alpha value is -2.05. The number of nitrogens with one attached hydrogen (secondary N) is 1. The van der Waals surface area contributed by atoms with Crippen LogP contribution in [0, 0.1) is 0 Å². The fourth-order valence-electron chi connectivity index (χ4n) is 2.47. The summed E-state index contributed by atoms with van der Waals surface area (Å²) < 4.78 is 10.5. The molecule has 0 aliphatic carbocycles. The second-order valence-electron chi connectivity index (χ2n) is 5.67. The standard InChI is InChI=1S/C18H24N2O3S/c1-20(2)14(17-6-5-9-24-17)12-19-18(21)11-13-7-8-15(22-3)16(10-13)23-4/h5-10,14H,11-12H2,1-4H3,(H,19,21). The van der Waals surface area contributed by atoms with Gasteiger partial charge in [-0.3, -0.25) is 4.79 Å². The summed E-state index contributed by atoms with van der Waals surface area (Å²) in [6.45, 7) is 0.583. The molecular weight excluding hydrogens is 324 g/mol. The topological polar surface area (TPSA) is 50.8 Å². The normalized spacial score (nSPS) is 12.0. The van der Waals surface area contributed by atoms with Crippen molar-refractivity contribution in [1.82, 2.24) is 10.2 Å². The lowest BCUT2D eigenvalue weighted by molar-refractivity contribution is -0.120. The summed E-state index contributed by atoms with van der Waals surface area (Å²) in [6, 6.07) is 9.83. The number of thiophene rings is 1. The lowest BCUT2D eigenvalue weighted by Gasteiger charge is -2.23. The molecule has 0 aliphatic rings. The van der Waals surface area contributed by atoms with Crippen LogP contribution in [0.4, 0.5) is 0 Å². The van der Waals surface area contributed by atoms with Crippen molar-refractivity contribution in [1.29, 1.82) is 0 Å². The lowest BCUT2D eigenvalue weighted by Crippen LogP contribution is -2.34. The number of methoxy groups -OCH3 is 2. The number of amides is 1. The van der Waals surface area contributed by atoms with Crippen molar-refractivity contribution in [2.24, 2.45) is 0 Å². The van der Waals surface area contributed by atoms with Crippen LogP contribution in [0.5, 0.6) is 11.5 Å². The highest BCUT2D eigenvalue weighted by atomic mass is 32.1. The molecule has 1 atom stereocenters. The minimum Gasteiger partial charge on any atom is -0.493 e. The first-order valence-corrected chi connectivity index (χ1v) is 8.60. The van der Waals surface area contributed by atoms with Gasteiger partial charge >= 0.3 is 0 Å². The van der Waals surface area contributed by atoms with Gasteiger partial charge in [-0.1, -0.05) is 12.1 Å². The number of hydrogen-bond acceptors (Lipinski definition) is 5. The molecule has 0 bridgehead atoms. The largest absolute Gasteiger partial charge is 0.493 e. The molecule has 6 heteroatoms. The Morgan fingerprint density at radius 1 is 1.21 bits per heavy atom. The second-order valence-corrected chi connectivity index (χ2v) is 6.64. The molecule has 0 aliphatic heterocycles. The Labute approximate surface area is 147 Å². The first-order valence-electron chi connectivity index (χ1n) is 7.72. The third-order valence-electron chi connectivity index (χ3n) is 3.80. The van der Waals surface area contributed by atoms with E-state index < -0.39 is 0 Å². The van der Waals surface area contributed by atoms with Gasteiger partial charge in [-0.05, 0) is 43.2 Å². The summed E-state index contributed by atoms with van der Waals surface area (Å²) in [4.78, 5) is 15.6. The molecule has 1 aromatic carbocycles. The highest BCUT2D eigenvalue weighted by molar-refractivity contribution is 7.10. The van der Waals surface area contributed by atoms with Crippen LogP contribution in [0.3, 0.4) is 0 Å². The molecular formula is C18H24N2O3S. The van der Waals surface area contributed by atoms with Crippen molar-refractivity contribution in [2.75, 3.05) is 34.9 Å². The van der Waals surface area contributed by atoms with Crippen LogP contribution in [0.1, 0.15) is 16.5 Å². The van der Waals surface area contributed by atoms with E-state index in [9.17, 15) is 4.79 Å². The van der Waals surface area contributed by atoms with Gasteiger partial charge in [0.2, 0.25) is 5.91 Å². The molecule has 0 spiro atoms. The third-order valence-corrected chi connectivity index (χ3v) is 4.77. The van der Waals surface area contributed by atoms with Gasteiger partial charge in [0.25, 0.3) is 0 Å². The van der Waals surface area contributed by atoms with E-state index in [4.69, 9.17) is 9.47 Å². The molecule has 1 N–H and O–H groups in total. The number of carbonyl (C=O) groups is 1. The van der Waals surface area contributed by atoms with Gasteiger partial charge < -0.3 is 19.7 Å². The summed E-state index contributed by atoms with van der Waals surface area (Å²) in [5.74, 6) is 1.28. The predicted molar refractivity (Wildman–Crippen MR) is 97.0 cm³/mol. The quantitative estimate of drug-likeness (QED) is 0.797. The van der Waals surface area contributed by atoms with Gasteiger partial charge in [-0.2, -0.15) is 0 Å². The maximum absolute atomic E-state index is 12.3. The molecule has 1 unspecified atom stereocenters. The zero-order chi connectivity index (χ0) is 17.5. The summed E-state index contributed by atoms with van der Waals surface area (Å²) in [5.41, 5.74) is 0.891. The van der Waals surface area contributed by atoms with Crippen LogP contribution in [0.15, 0.2) is 35.7 Å². The fourth-order valence-corrected chi connectivity index (χ4v) is 3.39. The maximum atomic E-state index is 12.3. The zero-order valence-corrected chi connectivity index (χ0v) is 15.4. The van der Waals surface area contributed by atoms with Crippen molar-refractivity contribution >= 4 is 17.2 Å². The molecule has 1 aromatic heterocycles. The first kappa shape index (κ1) is 18.3. The van der Waals surface area contributed by atoms with E-state index in [1.54, 1.807) is 25.6 Å². The Kier molecular flexibility index (Phi) is 6.63. The van der Waals surface area contributed by atoms with Gasteiger partial charge in [-0.25, -0.2) is 0 Å². The summed E-state index contributed by atoms with van der Waals surface area (Å²) in [5, 5.41) is 5.07. The van der Waals surface area contributed by atoms with Crippen molar-refractivity contribution in [2.45, 2.75) is 12.5 Å². The molecule has 0 saturated heterocycles. The number of carbonyl (C=O) groups excluding carboxylic acids is 1. The number of hydrogen-bond donors (Lipinski definition) is 1. The lowest BCUT2D eigenvalue weighted by atomic mass is 10.1. The molecule has 0 fully saturated rings. The van der Waals surface area contributed by atoms with Gasteiger partial charge in [0.15, 0.2) is 11.5 Å². The minimum atomic E-state index is -0.00868. The Bertz CT molecular complexity index is 656. The minimum absolute atomic E-state index is 0.00868. The molecule has 24 heavy (non-hydrogen) atoms. The van der Waals surface area contributed by atoms with Gasteiger partial charge in [-0.15, -0.1) is 11.3 Å². The van der Waals surface area contributed by atoms with Crippen molar-refractivity contribution in [3.05, 3.63) is 46.2 Å². The molecule has 0 saturated carbocycles. The summed E-state index contributed by atoms with van der Waals surface area (Å²) >= 11 is 1.70. The molecule has 2 aromatic rings. The van der Waals surface area contributed by atoms with Gasteiger partial charge in [0.05, 0.1) is 26.7 Å². The maximum Gasteiger partial charge on any atom is 0.224 e. The van der Waals surface area contributed by atoms with E-state index in [1.807, 2.05) is 38.4 Å². The van der Waals surface area contributed by atoms with Crippen LogP contribution in [0.2, 0.25) is 0 Å². The van der Waals surface area contributed by atoms with E-state index in [0.717, 1.165) is 5.56 Å². The number of nitrogens with zero attached hydrogens (tertiary/aromatic N) is 1. The van der Waals surface area contributed by atoms with E-state index in [2.05, 4.69) is 21.7 Å². The number of likely N-dealkylation sites (N-methyl/N-ethyl adjacent to an activating group) is 1. The van der Waals surface area contributed by atoms with Gasteiger partial charge in [0.1, 0.15) is 0 Å². The van der Waals surface area contributed by atoms with Gasteiger partial charge in [0, 0.05) is 11.4 Å². The molecule has 130 valence electrons. The van der Waals surface area contributed by atoms with E-state index in [1.165, 1.54) is 4.88 Å². The molecule has 5 nitrogen and oxygen atoms in total. The van der Waals surface area contributed by atoms with Crippen LogP contribution >= 0.6 is 11.3 Å². The molecule has 2 rings (SSSR count). The number of rotatable bonds is 8. The molecule has 0 radical (unpaired) electrons. The average molecular weight is 348 g/mol. The second kappa shape index (κ2) is 8.70. The number of benzene rings is 1. The highest BCUT2D eigenvalue weighted by Crippen LogP contribution is 2.27. The SMILES string of the molecule is COc1ccc(CC(=O)NCC(c2cccs2)N(C)C)cc1OC. The highest BCUT2D eigenvalue weighted by Gasteiger charge is 2.16. The first-order chi connectivity index (χ1) is 11.5. The molecule has 1 heterocycles. The zero-order valence-electron chi connectivity index (χ0n) is 14.5. The number of ether oxygens (including phenoxy) is 2. The monoisotopic (exact) mass is 348 g/mol. The fraction of sp³-hybridized carbons (Fsp3) is 0.389. The Morgan fingerprint density at radius 2 is 1.96 bits per heavy atom. The van der Waals surface area contributed by atoms with E-state index >= 15 is 0 Å². The third kappa shape index (κ3) is 4.72. The Balaban J connectivity index is 1.95. The van der Waals surface area contributed by atoms with Crippen LogP contribution in [0.25, 0.3) is 0 Å². The van der Waals surface area contributed by atoms with E-state index in [-0.39, 0.29) is 11.9 Å². The van der Waals surface area contributed by atoms with Crippen LogP contribution in [-0.2, 0) is 11.2 Å². The Morgan fingerprint density at radius 3 is 2.54 bits per heavy atom. The van der Waals surface area contributed by atoms with Crippen molar-refractivity contribution < 1.29 is 14.3 Å². The predicted octanol–water partition coefficient (Wildman–Crippen LogP) is 2.73. The summed E-state index contributed by atoms with van der Waals surface area (Å²) in [7, 11) is 7.22. The summed E-state index contributed by atoms with van der Waals surface area (Å²) in [6.07, 6.45) is 0.310. The smallest absolute Gasteiger partial charge is 0.224 e. The van der Waals surface area contributed by atoms with Crippen LogP contribution in [-0.4, -0.2) is 45.7 Å². The van der Waals surface area contributed by atoms with Crippen molar-refractivity contribution in [3.63, 3.8) is 0 Å². The van der Waals surface area contributed by atoms with Crippen LogP contribution < -0.4 is 14.8 Å². The van der Waals surface area contributed by atoms with Crippen molar-refractivity contribution in [3.8, 4) is 11.5 Å². The average Bonchev–Trinajstić information content (AvgIpc) is 3.08. The molecule has 1 amide bonds. The van der Waals surface area contributed by atoms with E-state index in [0.29, 0.717) is 24.5 Å².